The van der Waals surface area contributed by atoms with E-state index in [0.717, 1.165) is 35.4 Å². The Balaban J connectivity index is 1.90. The third-order valence-corrected chi connectivity index (χ3v) is 4.13. The van der Waals surface area contributed by atoms with Crippen molar-refractivity contribution in [2.45, 2.75) is 26.2 Å². The summed E-state index contributed by atoms with van der Waals surface area (Å²) in [6.45, 7) is 3.88. The van der Waals surface area contributed by atoms with Crippen molar-refractivity contribution in [1.82, 2.24) is 15.1 Å². The number of pyridine rings is 1. The maximum atomic E-state index is 5.17. The lowest BCUT2D eigenvalue weighted by Gasteiger charge is -2.29. The molecule has 5 nitrogen and oxygen atoms in total. The first-order valence-electron chi connectivity index (χ1n) is 7.77. The number of rotatable bonds is 2. The van der Waals surface area contributed by atoms with Crippen molar-refractivity contribution in [3.8, 4) is 11.4 Å². The highest BCUT2D eigenvalue weighted by molar-refractivity contribution is 5.88. The Labute approximate surface area is 129 Å². The highest BCUT2D eigenvalue weighted by atomic mass is 16.5. The number of hydrogen-bond donors (Lipinski definition) is 0. The lowest BCUT2D eigenvalue weighted by Crippen LogP contribution is -2.30. The molecule has 0 radical (unpaired) electrons. The van der Waals surface area contributed by atoms with Crippen LogP contribution in [0.25, 0.3) is 22.3 Å². The maximum Gasteiger partial charge on any atom is 0.223 e. The highest BCUT2D eigenvalue weighted by Gasteiger charge is 2.20. The molecule has 3 heterocycles. The Morgan fingerprint density at radius 2 is 1.86 bits per heavy atom. The Morgan fingerprint density at radius 3 is 2.64 bits per heavy atom. The summed E-state index contributed by atoms with van der Waals surface area (Å²) in [4.78, 5) is 11.6. The topological polar surface area (TPSA) is 55.1 Å². The van der Waals surface area contributed by atoms with Crippen molar-refractivity contribution in [1.29, 1.82) is 0 Å². The van der Waals surface area contributed by atoms with Crippen LogP contribution in [0.5, 0.6) is 0 Å². The smallest absolute Gasteiger partial charge is 0.223 e. The standard InChI is InChI=1S/C17H18N4O/c1-12-18-16(20-22-12)14-11-13-7-3-4-8-15(13)19-17(14)21-9-5-2-6-10-21/h3-4,7-8,11H,2,5-6,9-10H2,1H3. The molecule has 22 heavy (non-hydrogen) atoms. The number of aromatic nitrogens is 3. The number of para-hydroxylation sites is 1. The van der Waals surface area contributed by atoms with Gasteiger partial charge in [-0.3, -0.25) is 0 Å². The summed E-state index contributed by atoms with van der Waals surface area (Å²) in [6, 6.07) is 10.3. The van der Waals surface area contributed by atoms with E-state index in [1.165, 1.54) is 19.3 Å². The summed E-state index contributed by atoms with van der Waals surface area (Å²) in [6.07, 6.45) is 3.71. The minimum absolute atomic E-state index is 0.577. The summed E-state index contributed by atoms with van der Waals surface area (Å²) in [5, 5.41) is 5.19. The molecule has 1 aliphatic heterocycles. The first-order valence-corrected chi connectivity index (χ1v) is 7.77. The number of fused-ring (bicyclic) bond motifs is 1. The van der Waals surface area contributed by atoms with Gasteiger partial charge in [-0.15, -0.1) is 0 Å². The molecule has 1 aromatic carbocycles. The van der Waals surface area contributed by atoms with Crippen molar-refractivity contribution in [2.24, 2.45) is 0 Å². The van der Waals surface area contributed by atoms with Crippen molar-refractivity contribution in [3.63, 3.8) is 0 Å². The van der Waals surface area contributed by atoms with Gasteiger partial charge in [0.15, 0.2) is 0 Å². The van der Waals surface area contributed by atoms with E-state index < -0.39 is 0 Å². The van der Waals surface area contributed by atoms with E-state index in [4.69, 9.17) is 9.51 Å². The molecule has 0 aliphatic carbocycles. The number of benzene rings is 1. The second-order valence-corrected chi connectivity index (χ2v) is 5.74. The summed E-state index contributed by atoms with van der Waals surface area (Å²) < 4.78 is 5.17. The van der Waals surface area contributed by atoms with E-state index in [2.05, 4.69) is 27.2 Å². The molecule has 5 heteroatoms. The zero-order valence-electron chi connectivity index (χ0n) is 12.6. The van der Waals surface area contributed by atoms with Crippen LogP contribution in [0, 0.1) is 6.92 Å². The van der Waals surface area contributed by atoms with Crippen LogP contribution >= 0.6 is 0 Å². The molecule has 4 rings (SSSR count). The second kappa shape index (κ2) is 5.40. The van der Waals surface area contributed by atoms with Gasteiger partial charge in [-0.05, 0) is 31.4 Å². The van der Waals surface area contributed by atoms with Gasteiger partial charge in [0, 0.05) is 25.4 Å². The number of anilines is 1. The van der Waals surface area contributed by atoms with Crippen molar-refractivity contribution in [3.05, 3.63) is 36.2 Å². The van der Waals surface area contributed by atoms with Gasteiger partial charge in [-0.1, -0.05) is 23.4 Å². The van der Waals surface area contributed by atoms with Gasteiger partial charge in [0.1, 0.15) is 5.82 Å². The van der Waals surface area contributed by atoms with E-state index in [9.17, 15) is 0 Å². The molecule has 1 saturated heterocycles. The molecule has 0 atom stereocenters. The molecule has 0 unspecified atom stereocenters. The Bertz CT molecular complexity index is 805. The molecule has 0 N–H and O–H groups in total. The lowest BCUT2D eigenvalue weighted by atomic mass is 10.1. The van der Waals surface area contributed by atoms with Gasteiger partial charge in [0.05, 0.1) is 11.1 Å². The molecule has 0 amide bonds. The molecular formula is C17H18N4O. The number of nitrogens with zero attached hydrogens (tertiary/aromatic N) is 4. The Hall–Kier alpha value is -2.43. The van der Waals surface area contributed by atoms with Crippen LogP contribution in [-0.4, -0.2) is 28.2 Å². The molecule has 0 saturated carbocycles. The van der Waals surface area contributed by atoms with E-state index in [1.54, 1.807) is 0 Å². The number of hydrogen-bond acceptors (Lipinski definition) is 5. The molecule has 1 aliphatic rings. The lowest BCUT2D eigenvalue weighted by molar-refractivity contribution is 0.394. The number of piperidine rings is 1. The van der Waals surface area contributed by atoms with Crippen LogP contribution < -0.4 is 4.90 Å². The predicted molar refractivity (Wildman–Crippen MR) is 85.8 cm³/mol. The van der Waals surface area contributed by atoms with Crippen LogP contribution in [0.1, 0.15) is 25.2 Å². The van der Waals surface area contributed by atoms with Crippen LogP contribution in [0.4, 0.5) is 5.82 Å². The predicted octanol–water partition coefficient (Wildman–Crippen LogP) is 3.58. The first-order chi connectivity index (χ1) is 10.8. The third kappa shape index (κ3) is 2.32. The zero-order valence-corrected chi connectivity index (χ0v) is 12.6. The van der Waals surface area contributed by atoms with Gasteiger partial charge in [-0.25, -0.2) is 4.98 Å². The second-order valence-electron chi connectivity index (χ2n) is 5.74. The quantitative estimate of drug-likeness (QED) is 0.723. The molecule has 112 valence electrons. The summed E-state index contributed by atoms with van der Waals surface area (Å²) >= 11 is 0. The first kappa shape index (κ1) is 13.2. The SMILES string of the molecule is Cc1nc(-c2cc3ccccc3nc2N2CCCCC2)no1. The molecule has 0 bridgehead atoms. The van der Waals surface area contributed by atoms with Gasteiger partial charge in [-0.2, -0.15) is 4.98 Å². The average Bonchev–Trinajstić information content (AvgIpc) is 3.01. The fraction of sp³-hybridized carbons (Fsp3) is 0.353. The molecule has 1 fully saturated rings. The molecular weight excluding hydrogens is 276 g/mol. The molecule has 2 aromatic heterocycles. The van der Waals surface area contributed by atoms with Crippen molar-refractivity contribution < 1.29 is 4.52 Å². The monoisotopic (exact) mass is 294 g/mol. The molecule has 0 spiro atoms. The summed E-state index contributed by atoms with van der Waals surface area (Å²) in [7, 11) is 0. The van der Waals surface area contributed by atoms with Gasteiger partial charge >= 0.3 is 0 Å². The fourth-order valence-electron chi connectivity index (χ4n) is 3.03. The van der Waals surface area contributed by atoms with Crippen molar-refractivity contribution in [2.75, 3.05) is 18.0 Å². The van der Waals surface area contributed by atoms with Crippen molar-refractivity contribution >= 4 is 16.7 Å². The fourth-order valence-corrected chi connectivity index (χ4v) is 3.03. The highest BCUT2D eigenvalue weighted by Crippen LogP contribution is 2.32. The minimum atomic E-state index is 0.577. The largest absolute Gasteiger partial charge is 0.356 e. The normalized spacial score (nSPS) is 15.4. The third-order valence-electron chi connectivity index (χ3n) is 4.13. The maximum absolute atomic E-state index is 5.17. The minimum Gasteiger partial charge on any atom is -0.356 e. The van der Waals surface area contributed by atoms with Crippen LogP contribution in [-0.2, 0) is 0 Å². The van der Waals surface area contributed by atoms with E-state index in [-0.39, 0.29) is 0 Å². The van der Waals surface area contributed by atoms with Crippen LogP contribution in [0.2, 0.25) is 0 Å². The summed E-state index contributed by atoms with van der Waals surface area (Å²) in [5.74, 6) is 2.17. The number of aryl methyl sites for hydroxylation is 1. The van der Waals surface area contributed by atoms with Crippen LogP contribution in [0.3, 0.4) is 0 Å². The van der Waals surface area contributed by atoms with Gasteiger partial charge in [0.2, 0.25) is 11.7 Å². The Kier molecular flexibility index (Phi) is 3.25. The van der Waals surface area contributed by atoms with Gasteiger partial charge < -0.3 is 9.42 Å². The van der Waals surface area contributed by atoms with E-state index in [1.807, 2.05) is 25.1 Å². The van der Waals surface area contributed by atoms with E-state index >= 15 is 0 Å². The summed E-state index contributed by atoms with van der Waals surface area (Å²) in [5.41, 5.74) is 1.96. The van der Waals surface area contributed by atoms with Gasteiger partial charge in [0.25, 0.3) is 0 Å². The average molecular weight is 294 g/mol. The van der Waals surface area contributed by atoms with Crippen LogP contribution in [0.15, 0.2) is 34.9 Å². The van der Waals surface area contributed by atoms with E-state index in [0.29, 0.717) is 11.7 Å². The molecule has 3 aromatic rings. The zero-order chi connectivity index (χ0) is 14.9. The Morgan fingerprint density at radius 1 is 1.05 bits per heavy atom.